The Morgan fingerprint density at radius 1 is 0.458 bits per heavy atom. The number of nitriles is 2. The van der Waals surface area contributed by atoms with Crippen molar-refractivity contribution >= 4 is 34.4 Å². The minimum absolute atomic E-state index is 0.191. The van der Waals surface area contributed by atoms with Gasteiger partial charge < -0.3 is 18.9 Å². The van der Waals surface area contributed by atoms with Gasteiger partial charge in [0.15, 0.2) is 0 Å². The van der Waals surface area contributed by atoms with Gasteiger partial charge in [0.2, 0.25) is 0 Å². The van der Waals surface area contributed by atoms with Crippen LogP contribution in [0.3, 0.4) is 0 Å². The molecule has 0 aliphatic carbocycles. The van der Waals surface area contributed by atoms with Crippen molar-refractivity contribution in [3.63, 3.8) is 0 Å². The number of para-hydroxylation sites is 6. The van der Waals surface area contributed by atoms with Gasteiger partial charge in [-0.15, -0.1) is 30.7 Å². The van der Waals surface area contributed by atoms with Gasteiger partial charge in [-0.3, -0.25) is 10.9 Å². The number of benzene rings is 4. The van der Waals surface area contributed by atoms with E-state index in [0.717, 1.165) is 0 Å². The molecule has 240 valence electrons. The molecular weight excluding hydrogens is 612 g/mol. The zero-order chi connectivity index (χ0) is 33.2. The van der Waals surface area contributed by atoms with E-state index >= 15 is 0 Å². The van der Waals surface area contributed by atoms with Gasteiger partial charge in [0.05, 0.1) is 37.8 Å². The summed E-state index contributed by atoms with van der Waals surface area (Å²) in [5, 5.41) is 43.9. The van der Waals surface area contributed by atoms with E-state index in [0.29, 0.717) is 85.0 Å². The zero-order valence-corrected chi connectivity index (χ0v) is 25.7. The summed E-state index contributed by atoms with van der Waals surface area (Å²) in [6.07, 6.45) is 1.08. The number of azo groups is 2. The van der Waals surface area contributed by atoms with E-state index in [2.05, 4.69) is 41.5 Å². The van der Waals surface area contributed by atoms with Crippen LogP contribution in [-0.4, -0.2) is 38.1 Å². The number of rotatable bonds is 0. The van der Waals surface area contributed by atoms with Crippen molar-refractivity contribution in [2.45, 2.75) is 12.8 Å². The number of ether oxygens (including phenoxy) is 4. The first kappa shape index (κ1) is 32.6. The van der Waals surface area contributed by atoms with Gasteiger partial charge in [-0.05, 0) is 48.5 Å². The number of nitrogens with zero attached hydrogens (tertiary/aromatic N) is 8. The molecule has 1 aliphatic rings. The quantitative estimate of drug-likeness (QED) is 0.195. The van der Waals surface area contributed by atoms with Crippen LogP contribution in [0.2, 0.25) is 0 Å². The third-order valence-corrected chi connectivity index (χ3v) is 6.38. The minimum atomic E-state index is -0.191. The molecule has 0 atom stereocenters. The molecule has 14 heteroatoms. The Morgan fingerprint density at radius 2 is 0.812 bits per heavy atom. The summed E-state index contributed by atoms with van der Waals surface area (Å²) in [5.41, 5.74) is 7.62. The predicted octanol–water partition coefficient (Wildman–Crippen LogP) is 7.76. The smallest absolute Gasteiger partial charge is 0.270 e. The van der Waals surface area contributed by atoms with Crippen LogP contribution in [0, 0.1) is 22.7 Å². The van der Waals surface area contributed by atoms with Gasteiger partial charge in [-0.25, -0.2) is 0 Å². The normalized spacial score (nSPS) is 16.5. The van der Waals surface area contributed by atoms with Crippen molar-refractivity contribution in [2.24, 2.45) is 30.7 Å². The molecule has 0 spiro atoms. The molecule has 4 aromatic rings. The SMILES string of the molecule is N#C/C1=N/Nc2ccccc2OCCCOc2ccccc2N/N=C(/C#N)N=Nc2ccccc2OCCCOc2ccccc2N=N1. The summed E-state index contributed by atoms with van der Waals surface area (Å²) in [4.78, 5) is 0. The van der Waals surface area contributed by atoms with Crippen molar-refractivity contribution in [1.29, 1.82) is 10.5 Å². The molecule has 0 bridgehead atoms. The number of hydrogen-bond donors (Lipinski definition) is 2. The van der Waals surface area contributed by atoms with E-state index in [1.165, 1.54) is 0 Å². The lowest BCUT2D eigenvalue weighted by Crippen LogP contribution is -2.07. The van der Waals surface area contributed by atoms with E-state index in [9.17, 15) is 10.5 Å². The lowest BCUT2D eigenvalue weighted by Gasteiger charge is -2.13. The van der Waals surface area contributed by atoms with E-state index in [4.69, 9.17) is 18.9 Å². The van der Waals surface area contributed by atoms with Crippen molar-refractivity contribution in [2.75, 3.05) is 37.3 Å². The van der Waals surface area contributed by atoms with Gasteiger partial charge >= 0.3 is 0 Å². The zero-order valence-electron chi connectivity index (χ0n) is 25.7. The number of amidine groups is 2. The summed E-state index contributed by atoms with van der Waals surface area (Å²) in [7, 11) is 0. The highest BCUT2D eigenvalue weighted by Gasteiger charge is 2.08. The number of nitrogens with one attached hydrogen (secondary N) is 2. The predicted molar refractivity (Wildman–Crippen MR) is 179 cm³/mol. The molecule has 2 N–H and O–H groups in total. The first-order chi connectivity index (χ1) is 23.7. The van der Waals surface area contributed by atoms with Crippen LogP contribution in [-0.2, 0) is 0 Å². The number of anilines is 2. The molecule has 0 radical (unpaired) electrons. The van der Waals surface area contributed by atoms with E-state index in [1.807, 2.05) is 48.5 Å². The van der Waals surface area contributed by atoms with Gasteiger partial charge in [0, 0.05) is 12.8 Å². The lowest BCUT2D eigenvalue weighted by molar-refractivity contribution is 0.248. The average molecular weight is 643 g/mol. The van der Waals surface area contributed by atoms with Gasteiger partial charge in [0.25, 0.3) is 11.7 Å². The Hall–Kier alpha value is -6.80. The molecule has 14 nitrogen and oxygen atoms in total. The number of hydrogen-bond acceptors (Lipinski definition) is 14. The van der Waals surface area contributed by atoms with Crippen molar-refractivity contribution in [3.8, 4) is 35.1 Å². The van der Waals surface area contributed by atoms with Crippen LogP contribution in [0.15, 0.2) is 128 Å². The summed E-state index contributed by atoms with van der Waals surface area (Å²) in [6.45, 7) is 1.30. The molecule has 0 saturated heterocycles. The fourth-order valence-electron chi connectivity index (χ4n) is 4.11. The monoisotopic (exact) mass is 642 g/mol. The molecule has 0 amide bonds. The molecular formula is C34H30N10O4. The molecule has 5 rings (SSSR count). The summed E-state index contributed by atoms with van der Waals surface area (Å²) < 4.78 is 23.8. The Labute approximate surface area is 276 Å². The van der Waals surface area contributed by atoms with Crippen molar-refractivity contribution in [3.05, 3.63) is 97.1 Å². The average Bonchev–Trinajstić information content (AvgIpc) is 3.13. The maximum Gasteiger partial charge on any atom is 0.270 e. The fourth-order valence-corrected chi connectivity index (χ4v) is 4.11. The summed E-state index contributed by atoms with van der Waals surface area (Å²) >= 11 is 0. The molecule has 0 fully saturated rings. The highest BCUT2D eigenvalue weighted by atomic mass is 16.5. The third kappa shape index (κ3) is 9.60. The van der Waals surface area contributed by atoms with E-state index < -0.39 is 0 Å². The lowest BCUT2D eigenvalue weighted by atomic mass is 10.3. The van der Waals surface area contributed by atoms with Gasteiger partial charge in [-0.1, -0.05) is 48.5 Å². The Balaban J connectivity index is 1.36. The van der Waals surface area contributed by atoms with Gasteiger partial charge in [0.1, 0.15) is 46.5 Å². The van der Waals surface area contributed by atoms with E-state index in [1.54, 1.807) is 60.7 Å². The highest BCUT2D eigenvalue weighted by molar-refractivity contribution is 5.98. The van der Waals surface area contributed by atoms with Crippen LogP contribution in [0.25, 0.3) is 0 Å². The highest BCUT2D eigenvalue weighted by Crippen LogP contribution is 2.30. The standard InChI is InChI=1S/C34H30N10O4/c35-23-33-41-37-25-11-1-5-15-29(25)45-19-9-20-46-31-17-7-3-13-27(31)39-43-34(24-36)44-40-28-14-4-8-18-32(28)48-22-10-21-47-30-16-6-2-12-26(30)38-42-33/h1-8,11-18,37,39H,9-10,19-22H2/b41-33-,42-38?,43-34-,44-40?. The third-order valence-electron chi connectivity index (χ3n) is 6.38. The Bertz CT molecular complexity index is 1760. The summed E-state index contributed by atoms with van der Waals surface area (Å²) in [5.74, 6) is 1.65. The Morgan fingerprint density at radius 3 is 1.23 bits per heavy atom. The topological polar surface area (TPSA) is 183 Å². The first-order valence-corrected chi connectivity index (χ1v) is 14.9. The second-order valence-corrected chi connectivity index (χ2v) is 9.75. The second-order valence-electron chi connectivity index (χ2n) is 9.75. The van der Waals surface area contributed by atoms with Crippen LogP contribution >= 0.6 is 0 Å². The molecule has 0 aromatic heterocycles. The maximum absolute atomic E-state index is 9.63. The van der Waals surface area contributed by atoms with Crippen LogP contribution in [0.1, 0.15) is 12.8 Å². The first-order valence-electron chi connectivity index (χ1n) is 14.9. The molecule has 0 saturated carbocycles. The number of fused-ring (bicyclic) bond motifs is 4. The molecule has 1 heterocycles. The Kier molecular flexibility index (Phi) is 12.0. The van der Waals surface area contributed by atoms with Gasteiger partial charge in [-0.2, -0.15) is 10.5 Å². The largest absolute Gasteiger partial charge is 0.491 e. The molecule has 0 unspecified atom stereocenters. The van der Waals surface area contributed by atoms with Crippen molar-refractivity contribution in [1.82, 2.24) is 0 Å². The molecule has 48 heavy (non-hydrogen) atoms. The summed E-state index contributed by atoms with van der Waals surface area (Å²) in [6, 6.07) is 32.4. The van der Waals surface area contributed by atoms with Crippen molar-refractivity contribution < 1.29 is 18.9 Å². The number of hydrazone groups is 2. The second kappa shape index (κ2) is 17.6. The van der Waals surface area contributed by atoms with Crippen LogP contribution in [0.4, 0.5) is 22.7 Å². The maximum atomic E-state index is 9.63. The fraction of sp³-hybridized carbons (Fsp3) is 0.176. The molecule has 1 aliphatic heterocycles. The van der Waals surface area contributed by atoms with Crippen LogP contribution in [0.5, 0.6) is 23.0 Å². The van der Waals surface area contributed by atoms with E-state index in [-0.39, 0.29) is 11.7 Å². The minimum Gasteiger partial charge on any atom is -0.491 e. The van der Waals surface area contributed by atoms with Crippen LogP contribution < -0.4 is 29.8 Å². The molecule has 4 aromatic carbocycles.